The Labute approximate surface area is 174 Å². The lowest BCUT2D eigenvalue weighted by Crippen LogP contribution is -2.33. The number of aryl methyl sites for hydroxylation is 1. The third-order valence-corrected chi connectivity index (χ3v) is 6.11. The van der Waals surface area contributed by atoms with Gasteiger partial charge in [0.25, 0.3) is 10.0 Å². The zero-order chi connectivity index (χ0) is 21.3. The maximum atomic E-state index is 12.5. The van der Waals surface area contributed by atoms with Crippen LogP contribution >= 0.6 is 0 Å². The molecule has 10 heteroatoms. The molecule has 0 saturated heterocycles. The average Bonchev–Trinajstić information content (AvgIpc) is 3.27. The summed E-state index contributed by atoms with van der Waals surface area (Å²) in [5, 5.41) is 2.83. The van der Waals surface area contributed by atoms with E-state index in [2.05, 4.69) is 25.0 Å². The van der Waals surface area contributed by atoms with Gasteiger partial charge in [-0.1, -0.05) is 12.1 Å². The van der Waals surface area contributed by atoms with Gasteiger partial charge in [0.05, 0.1) is 4.90 Å². The van der Waals surface area contributed by atoms with Crippen LogP contribution in [-0.4, -0.2) is 40.7 Å². The number of amidine groups is 1. The summed E-state index contributed by atoms with van der Waals surface area (Å²) in [7, 11) is -3.64. The van der Waals surface area contributed by atoms with Gasteiger partial charge in [0, 0.05) is 30.7 Å². The zero-order valence-electron chi connectivity index (χ0n) is 16.4. The summed E-state index contributed by atoms with van der Waals surface area (Å²) >= 11 is 0. The standard InChI is InChI=1S/C20H20N6O3S/c1-13(24-19-16-5-3-4-6-17(16)30(28,29)25-19)20(27)23-12-15-7-8-22-18(11-15)26-10-9-21-14(26)2/h3-11,13H,12H2,1-2H3,(H,23,27)(H,24,25)/t13-/m0/s1. The minimum Gasteiger partial charge on any atom is -0.350 e. The van der Waals surface area contributed by atoms with Crippen LogP contribution in [-0.2, 0) is 21.4 Å². The molecule has 1 amide bonds. The summed E-state index contributed by atoms with van der Waals surface area (Å²) in [5.74, 6) is 1.38. The van der Waals surface area contributed by atoms with E-state index in [4.69, 9.17) is 0 Å². The predicted octanol–water partition coefficient (Wildman–Crippen LogP) is 1.32. The third-order valence-electron chi connectivity index (χ3n) is 4.71. The lowest BCUT2D eigenvalue weighted by molar-refractivity contribution is -0.122. The second-order valence-electron chi connectivity index (χ2n) is 6.84. The van der Waals surface area contributed by atoms with Crippen molar-refractivity contribution in [1.82, 2.24) is 24.6 Å². The van der Waals surface area contributed by atoms with Crippen LogP contribution in [0.2, 0.25) is 0 Å². The Hall–Kier alpha value is -3.53. The van der Waals surface area contributed by atoms with Gasteiger partial charge in [0.1, 0.15) is 23.5 Å². The van der Waals surface area contributed by atoms with E-state index in [9.17, 15) is 13.2 Å². The van der Waals surface area contributed by atoms with E-state index in [1.54, 1.807) is 37.5 Å². The molecule has 0 unspecified atom stereocenters. The minimum absolute atomic E-state index is 0.162. The van der Waals surface area contributed by atoms with Gasteiger partial charge in [-0.15, -0.1) is 0 Å². The lowest BCUT2D eigenvalue weighted by Gasteiger charge is -2.11. The number of amides is 1. The van der Waals surface area contributed by atoms with Crippen LogP contribution < -0.4 is 10.0 Å². The maximum Gasteiger partial charge on any atom is 0.263 e. The van der Waals surface area contributed by atoms with Gasteiger partial charge in [-0.2, -0.15) is 0 Å². The second kappa shape index (κ2) is 7.71. The summed E-state index contributed by atoms with van der Waals surface area (Å²) in [6.07, 6.45) is 5.19. The Kier molecular flexibility index (Phi) is 5.08. The summed E-state index contributed by atoms with van der Waals surface area (Å²) in [6, 6.07) is 9.45. The van der Waals surface area contributed by atoms with Crippen LogP contribution in [0.5, 0.6) is 0 Å². The molecule has 4 rings (SSSR count). The summed E-state index contributed by atoms with van der Waals surface area (Å²) in [6.45, 7) is 3.79. The van der Waals surface area contributed by atoms with Crippen LogP contribution in [0.25, 0.3) is 5.82 Å². The summed E-state index contributed by atoms with van der Waals surface area (Å²) < 4.78 is 28.6. The monoisotopic (exact) mass is 424 g/mol. The van der Waals surface area contributed by atoms with E-state index >= 15 is 0 Å². The van der Waals surface area contributed by atoms with Crippen molar-refractivity contribution in [3.8, 4) is 5.82 Å². The number of hydrogen-bond acceptors (Lipinski definition) is 6. The van der Waals surface area contributed by atoms with Crippen LogP contribution in [0.1, 0.15) is 23.9 Å². The van der Waals surface area contributed by atoms with Gasteiger partial charge in [0.2, 0.25) is 5.91 Å². The molecular formula is C20H20N6O3S. The summed E-state index contributed by atoms with van der Waals surface area (Å²) in [5.41, 5.74) is 1.33. The number of sulfonamides is 1. The molecule has 1 aromatic carbocycles. The molecule has 0 fully saturated rings. The van der Waals surface area contributed by atoms with Crippen molar-refractivity contribution in [2.75, 3.05) is 0 Å². The first-order chi connectivity index (χ1) is 14.3. The first-order valence-electron chi connectivity index (χ1n) is 9.28. The number of aromatic nitrogens is 3. The van der Waals surface area contributed by atoms with Crippen LogP contribution in [0.4, 0.5) is 0 Å². The molecule has 9 nitrogen and oxygen atoms in total. The van der Waals surface area contributed by atoms with Crippen molar-refractivity contribution in [2.45, 2.75) is 31.3 Å². The molecule has 2 aromatic heterocycles. The molecule has 3 heterocycles. The Morgan fingerprint density at radius 1 is 1.23 bits per heavy atom. The Bertz CT molecular complexity index is 1250. The molecular weight excluding hydrogens is 404 g/mol. The molecule has 1 atom stereocenters. The molecule has 2 N–H and O–H groups in total. The van der Waals surface area contributed by atoms with Crippen molar-refractivity contribution in [2.24, 2.45) is 4.99 Å². The van der Waals surface area contributed by atoms with Crippen LogP contribution in [0.15, 0.2) is 64.9 Å². The molecule has 3 aromatic rings. The molecule has 0 saturated carbocycles. The number of imidazole rings is 1. The van der Waals surface area contributed by atoms with Gasteiger partial charge >= 0.3 is 0 Å². The Balaban J connectivity index is 1.45. The van der Waals surface area contributed by atoms with Gasteiger partial charge in [-0.3, -0.25) is 19.1 Å². The Morgan fingerprint density at radius 3 is 2.80 bits per heavy atom. The van der Waals surface area contributed by atoms with Gasteiger partial charge in [-0.25, -0.2) is 18.4 Å². The smallest absolute Gasteiger partial charge is 0.263 e. The maximum absolute atomic E-state index is 12.5. The zero-order valence-corrected chi connectivity index (χ0v) is 17.2. The number of nitrogens with one attached hydrogen (secondary N) is 2. The van der Waals surface area contributed by atoms with Gasteiger partial charge < -0.3 is 5.32 Å². The number of pyridine rings is 1. The number of nitrogens with zero attached hydrogens (tertiary/aromatic N) is 4. The number of fused-ring (bicyclic) bond motifs is 1. The van der Waals surface area contributed by atoms with E-state index in [-0.39, 0.29) is 16.6 Å². The largest absolute Gasteiger partial charge is 0.350 e. The highest BCUT2D eigenvalue weighted by Crippen LogP contribution is 2.22. The van der Waals surface area contributed by atoms with Gasteiger partial charge in [0.15, 0.2) is 0 Å². The minimum atomic E-state index is -3.64. The van der Waals surface area contributed by atoms with E-state index in [1.807, 2.05) is 29.8 Å². The first-order valence-corrected chi connectivity index (χ1v) is 10.8. The topological polar surface area (TPSA) is 118 Å². The quantitative estimate of drug-likeness (QED) is 0.640. The third kappa shape index (κ3) is 3.81. The van der Waals surface area contributed by atoms with E-state index in [0.29, 0.717) is 17.9 Å². The number of carbonyl (C=O) groups excluding carboxylic acids is 1. The van der Waals surface area contributed by atoms with E-state index in [1.165, 1.54) is 6.07 Å². The number of carbonyl (C=O) groups is 1. The summed E-state index contributed by atoms with van der Waals surface area (Å²) in [4.78, 5) is 25.5. The molecule has 30 heavy (non-hydrogen) atoms. The van der Waals surface area contributed by atoms with E-state index in [0.717, 1.165) is 11.4 Å². The Morgan fingerprint density at radius 2 is 2.03 bits per heavy atom. The highest BCUT2D eigenvalue weighted by molar-refractivity contribution is 7.90. The molecule has 0 radical (unpaired) electrons. The number of hydrogen-bond donors (Lipinski definition) is 2. The fraction of sp³-hybridized carbons (Fsp3) is 0.200. The van der Waals surface area contributed by atoms with Crippen molar-refractivity contribution in [1.29, 1.82) is 0 Å². The van der Waals surface area contributed by atoms with Gasteiger partial charge in [-0.05, 0) is 43.7 Å². The van der Waals surface area contributed by atoms with Crippen molar-refractivity contribution in [3.63, 3.8) is 0 Å². The predicted molar refractivity (Wildman–Crippen MR) is 111 cm³/mol. The first kappa shape index (κ1) is 19.8. The highest BCUT2D eigenvalue weighted by Gasteiger charge is 2.31. The van der Waals surface area contributed by atoms with Crippen molar-refractivity contribution < 1.29 is 13.2 Å². The van der Waals surface area contributed by atoms with E-state index < -0.39 is 16.1 Å². The van der Waals surface area contributed by atoms with Crippen molar-refractivity contribution in [3.05, 3.63) is 71.9 Å². The molecule has 0 bridgehead atoms. The number of aliphatic imine (C=N–C) groups is 1. The molecule has 1 aliphatic rings. The number of benzene rings is 1. The SMILES string of the molecule is Cc1nccn1-c1cc(CNC(=O)[C@H](C)N=C2NS(=O)(=O)c3ccccc32)ccn1. The van der Waals surface area contributed by atoms with Crippen LogP contribution in [0, 0.1) is 6.92 Å². The molecule has 0 spiro atoms. The van der Waals surface area contributed by atoms with Crippen molar-refractivity contribution >= 4 is 21.8 Å². The number of rotatable bonds is 5. The molecule has 1 aliphatic heterocycles. The molecule has 0 aliphatic carbocycles. The normalized spacial score (nSPS) is 16.7. The fourth-order valence-corrected chi connectivity index (χ4v) is 4.38. The lowest BCUT2D eigenvalue weighted by atomic mass is 10.2. The fourth-order valence-electron chi connectivity index (χ4n) is 3.14. The second-order valence-corrected chi connectivity index (χ2v) is 8.49. The average molecular weight is 424 g/mol. The van der Waals surface area contributed by atoms with Crippen LogP contribution in [0.3, 0.4) is 0 Å². The molecule has 154 valence electrons. The highest BCUT2D eigenvalue weighted by atomic mass is 32.2.